The standard InChI is InChI=1S/C18H19NO5S/c1-12-5-7-16-13(10-12)4-3-9-19(16)25(22,23)14-6-8-17(24-2)15(11-14)18(20)21/h5-8,10-11H,3-4,9H2,1-2H3,(H,20,21). The van der Waals surface area contributed by atoms with Crippen molar-refractivity contribution in [3.8, 4) is 5.75 Å². The number of sulfonamides is 1. The van der Waals surface area contributed by atoms with Crippen LogP contribution in [0.5, 0.6) is 5.75 Å². The van der Waals surface area contributed by atoms with Gasteiger partial charge in [-0.3, -0.25) is 4.31 Å². The Hall–Kier alpha value is -2.54. The van der Waals surface area contributed by atoms with Crippen LogP contribution in [-0.2, 0) is 16.4 Å². The first-order valence-corrected chi connectivity index (χ1v) is 9.32. The number of aromatic carboxylic acids is 1. The number of rotatable bonds is 4. The lowest BCUT2D eigenvalue weighted by Crippen LogP contribution is -2.35. The molecule has 132 valence electrons. The quantitative estimate of drug-likeness (QED) is 0.905. The van der Waals surface area contributed by atoms with E-state index in [2.05, 4.69) is 0 Å². The van der Waals surface area contributed by atoms with Crippen molar-refractivity contribution in [2.24, 2.45) is 0 Å². The number of aryl methyl sites for hydroxylation is 2. The average Bonchev–Trinajstić information content (AvgIpc) is 2.60. The maximum absolute atomic E-state index is 13.1. The third-order valence-corrected chi connectivity index (χ3v) is 6.11. The number of hydrogen-bond acceptors (Lipinski definition) is 4. The molecule has 0 saturated carbocycles. The molecule has 0 spiro atoms. The molecule has 1 N–H and O–H groups in total. The Bertz CT molecular complexity index is 936. The van der Waals surface area contributed by atoms with E-state index in [0.717, 1.165) is 30.0 Å². The summed E-state index contributed by atoms with van der Waals surface area (Å²) in [6.45, 7) is 2.34. The fourth-order valence-electron chi connectivity index (χ4n) is 3.08. The van der Waals surface area contributed by atoms with Crippen LogP contribution in [0.4, 0.5) is 5.69 Å². The molecule has 0 aliphatic carbocycles. The zero-order chi connectivity index (χ0) is 18.2. The second kappa shape index (κ2) is 6.40. The zero-order valence-electron chi connectivity index (χ0n) is 14.0. The molecule has 1 heterocycles. The Morgan fingerprint density at radius 1 is 1.20 bits per heavy atom. The molecule has 0 amide bonds. The molecule has 0 fully saturated rings. The maximum atomic E-state index is 13.1. The number of fused-ring (bicyclic) bond motifs is 1. The van der Waals surface area contributed by atoms with E-state index in [-0.39, 0.29) is 16.2 Å². The van der Waals surface area contributed by atoms with Gasteiger partial charge >= 0.3 is 5.97 Å². The number of benzene rings is 2. The Kier molecular flexibility index (Phi) is 4.43. The van der Waals surface area contributed by atoms with Crippen LogP contribution in [0.1, 0.15) is 27.9 Å². The van der Waals surface area contributed by atoms with Crippen molar-refractivity contribution in [3.05, 3.63) is 53.1 Å². The van der Waals surface area contributed by atoms with Crippen LogP contribution < -0.4 is 9.04 Å². The summed E-state index contributed by atoms with van der Waals surface area (Å²) in [6, 6.07) is 9.58. The lowest BCUT2D eigenvalue weighted by atomic mass is 10.0. The number of carboxylic acids is 1. The molecule has 3 rings (SSSR count). The van der Waals surface area contributed by atoms with E-state index in [9.17, 15) is 18.3 Å². The van der Waals surface area contributed by atoms with Crippen molar-refractivity contribution in [2.45, 2.75) is 24.7 Å². The number of methoxy groups -OCH3 is 1. The molecule has 1 aliphatic rings. The maximum Gasteiger partial charge on any atom is 0.339 e. The van der Waals surface area contributed by atoms with E-state index in [1.807, 2.05) is 25.1 Å². The van der Waals surface area contributed by atoms with Gasteiger partial charge < -0.3 is 9.84 Å². The summed E-state index contributed by atoms with van der Waals surface area (Å²) in [6.07, 6.45) is 1.55. The van der Waals surface area contributed by atoms with E-state index in [0.29, 0.717) is 12.2 Å². The first-order valence-electron chi connectivity index (χ1n) is 7.88. The predicted octanol–water partition coefficient (Wildman–Crippen LogP) is 2.84. The van der Waals surface area contributed by atoms with Gasteiger partial charge in [0.05, 0.1) is 17.7 Å². The summed E-state index contributed by atoms with van der Waals surface area (Å²) in [4.78, 5) is 11.3. The minimum atomic E-state index is -3.85. The summed E-state index contributed by atoms with van der Waals surface area (Å²) in [5.74, 6) is -1.11. The molecule has 1 aliphatic heterocycles. The second-order valence-electron chi connectivity index (χ2n) is 5.98. The largest absolute Gasteiger partial charge is 0.496 e. The molecule has 2 aromatic rings. The van der Waals surface area contributed by atoms with Crippen LogP contribution in [0, 0.1) is 6.92 Å². The highest BCUT2D eigenvalue weighted by Crippen LogP contribution is 2.33. The molecule has 0 radical (unpaired) electrons. The first kappa shape index (κ1) is 17.3. The number of hydrogen-bond donors (Lipinski definition) is 1. The van der Waals surface area contributed by atoms with Gasteiger partial charge in [-0.1, -0.05) is 17.7 Å². The number of carboxylic acid groups (broad SMARTS) is 1. The third-order valence-electron chi connectivity index (χ3n) is 4.30. The second-order valence-corrected chi connectivity index (χ2v) is 7.84. The van der Waals surface area contributed by atoms with Crippen molar-refractivity contribution in [3.63, 3.8) is 0 Å². The van der Waals surface area contributed by atoms with Crippen molar-refractivity contribution >= 4 is 21.7 Å². The van der Waals surface area contributed by atoms with E-state index in [4.69, 9.17) is 4.74 Å². The molecule has 0 saturated heterocycles. The summed E-state index contributed by atoms with van der Waals surface area (Å²) < 4.78 is 32.6. The van der Waals surface area contributed by atoms with Gasteiger partial charge in [-0.25, -0.2) is 13.2 Å². The van der Waals surface area contributed by atoms with Crippen LogP contribution in [0.25, 0.3) is 0 Å². The van der Waals surface area contributed by atoms with Gasteiger partial charge in [0.15, 0.2) is 0 Å². The van der Waals surface area contributed by atoms with Crippen molar-refractivity contribution in [1.82, 2.24) is 0 Å². The molecule has 0 unspecified atom stereocenters. The van der Waals surface area contributed by atoms with Gasteiger partial charge in [-0.2, -0.15) is 0 Å². The molecule has 0 bridgehead atoms. The third kappa shape index (κ3) is 3.07. The zero-order valence-corrected chi connectivity index (χ0v) is 14.8. The van der Waals surface area contributed by atoms with E-state index < -0.39 is 16.0 Å². The highest BCUT2D eigenvalue weighted by molar-refractivity contribution is 7.92. The number of nitrogens with zero attached hydrogens (tertiary/aromatic N) is 1. The van der Waals surface area contributed by atoms with Crippen molar-refractivity contribution < 1.29 is 23.1 Å². The van der Waals surface area contributed by atoms with Crippen LogP contribution in [0.15, 0.2) is 41.3 Å². The van der Waals surface area contributed by atoms with Gasteiger partial charge in [0.2, 0.25) is 0 Å². The fourth-order valence-corrected chi connectivity index (χ4v) is 4.65. The highest BCUT2D eigenvalue weighted by atomic mass is 32.2. The smallest absolute Gasteiger partial charge is 0.339 e. The van der Waals surface area contributed by atoms with Crippen LogP contribution in [-0.4, -0.2) is 33.1 Å². The summed E-state index contributed by atoms with van der Waals surface area (Å²) in [5.41, 5.74) is 2.55. The van der Waals surface area contributed by atoms with E-state index in [1.54, 1.807) is 0 Å². The molecule has 0 atom stereocenters. The fraction of sp³-hybridized carbons (Fsp3) is 0.278. The molecule has 7 heteroatoms. The first-order chi connectivity index (χ1) is 11.8. The molecular formula is C18H19NO5S. The Morgan fingerprint density at radius 3 is 2.64 bits per heavy atom. The van der Waals surface area contributed by atoms with Crippen LogP contribution in [0.3, 0.4) is 0 Å². The van der Waals surface area contributed by atoms with Crippen molar-refractivity contribution in [1.29, 1.82) is 0 Å². The van der Waals surface area contributed by atoms with Gasteiger partial charge in [-0.15, -0.1) is 0 Å². The summed E-state index contributed by atoms with van der Waals surface area (Å²) >= 11 is 0. The highest BCUT2D eigenvalue weighted by Gasteiger charge is 2.30. The monoisotopic (exact) mass is 361 g/mol. The lowest BCUT2D eigenvalue weighted by molar-refractivity contribution is 0.0693. The summed E-state index contributed by atoms with van der Waals surface area (Å²) in [5, 5.41) is 9.30. The number of carbonyl (C=O) groups is 1. The molecule has 2 aromatic carbocycles. The Balaban J connectivity index is 2.10. The van der Waals surface area contributed by atoms with Crippen LogP contribution in [0.2, 0.25) is 0 Å². The van der Waals surface area contributed by atoms with Gasteiger partial charge in [0, 0.05) is 6.54 Å². The topological polar surface area (TPSA) is 83.9 Å². The van der Waals surface area contributed by atoms with Crippen molar-refractivity contribution in [2.75, 3.05) is 18.0 Å². The SMILES string of the molecule is COc1ccc(S(=O)(=O)N2CCCc3cc(C)ccc32)cc1C(=O)O. The Labute approximate surface area is 146 Å². The van der Waals surface area contributed by atoms with E-state index >= 15 is 0 Å². The van der Waals surface area contributed by atoms with Gasteiger partial charge in [0.25, 0.3) is 10.0 Å². The average molecular weight is 361 g/mol. The number of ether oxygens (including phenoxy) is 1. The van der Waals surface area contributed by atoms with Gasteiger partial charge in [-0.05, 0) is 49.6 Å². The van der Waals surface area contributed by atoms with Gasteiger partial charge in [0.1, 0.15) is 11.3 Å². The summed E-state index contributed by atoms with van der Waals surface area (Å²) in [7, 11) is -2.51. The Morgan fingerprint density at radius 2 is 1.96 bits per heavy atom. The predicted molar refractivity (Wildman–Crippen MR) is 94.0 cm³/mol. The molecule has 6 nitrogen and oxygen atoms in total. The van der Waals surface area contributed by atoms with Crippen LogP contribution >= 0.6 is 0 Å². The molecular weight excluding hydrogens is 342 g/mol. The minimum absolute atomic E-state index is 0.0564. The minimum Gasteiger partial charge on any atom is -0.496 e. The number of anilines is 1. The lowest BCUT2D eigenvalue weighted by Gasteiger charge is -2.30. The van der Waals surface area contributed by atoms with E-state index in [1.165, 1.54) is 23.5 Å². The molecule has 0 aromatic heterocycles. The molecule has 25 heavy (non-hydrogen) atoms. The normalized spacial score (nSPS) is 14.1.